The maximum atomic E-state index is 6.15. The number of ether oxygens (including phenoxy) is 1. The predicted molar refractivity (Wildman–Crippen MR) is 89.6 cm³/mol. The molecule has 3 nitrogen and oxygen atoms in total. The van der Waals surface area contributed by atoms with E-state index in [0.717, 1.165) is 38.1 Å². The number of fused-ring (bicyclic) bond motifs is 1. The van der Waals surface area contributed by atoms with E-state index >= 15 is 0 Å². The van der Waals surface area contributed by atoms with E-state index in [0.29, 0.717) is 0 Å². The fourth-order valence-electron chi connectivity index (χ4n) is 3.02. The van der Waals surface area contributed by atoms with E-state index in [1.807, 2.05) is 13.4 Å². The summed E-state index contributed by atoms with van der Waals surface area (Å²) < 4.78 is 6.15. The summed E-state index contributed by atoms with van der Waals surface area (Å²) in [6.45, 7) is 10.5. The molecule has 1 heterocycles. The third-order valence-electron chi connectivity index (χ3n) is 4.70. The fourth-order valence-corrected chi connectivity index (χ4v) is 3.02. The Morgan fingerprint density at radius 2 is 2.00 bits per heavy atom. The zero-order chi connectivity index (χ0) is 15.5. The van der Waals surface area contributed by atoms with Crippen molar-refractivity contribution in [2.75, 3.05) is 20.2 Å². The third-order valence-corrected chi connectivity index (χ3v) is 4.70. The quantitative estimate of drug-likeness (QED) is 0.599. The van der Waals surface area contributed by atoms with Gasteiger partial charge in [-0.1, -0.05) is 19.9 Å². The molecule has 0 aromatic heterocycles. The Morgan fingerprint density at radius 3 is 2.62 bits per heavy atom. The molecule has 0 radical (unpaired) electrons. The molecule has 1 aliphatic rings. The minimum atomic E-state index is -0.0964. The van der Waals surface area contributed by atoms with Crippen molar-refractivity contribution in [2.24, 2.45) is 4.99 Å². The summed E-state index contributed by atoms with van der Waals surface area (Å²) in [5.74, 6) is 0. The first-order chi connectivity index (χ1) is 10.1. The average Bonchev–Trinajstić information content (AvgIpc) is 2.52. The molecule has 3 heteroatoms. The van der Waals surface area contributed by atoms with Crippen molar-refractivity contribution in [3.63, 3.8) is 0 Å². The van der Waals surface area contributed by atoms with Gasteiger partial charge >= 0.3 is 0 Å². The molecule has 2 rings (SSSR count). The number of aliphatic imine (C=N–C) groups is 1. The minimum Gasteiger partial charge on any atom is -0.370 e. The van der Waals surface area contributed by atoms with Crippen LogP contribution >= 0.6 is 0 Å². The van der Waals surface area contributed by atoms with E-state index in [1.54, 1.807) is 0 Å². The van der Waals surface area contributed by atoms with E-state index in [9.17, 15) is 0 Å². The molecule has 0 aliphatic carbocycles. The Bertz CT molecular complexity index is 518. The van der Waals surface area contributed by atoms with Crippen LogP contribution in [0.15, 0.2) is 17.1 Å². The molecule has 0 amide bonds. The Morgan fingerprint density at radius 1 is 1.29 bits per heavy atom. The summed E-state index contributed by atoms with van der Waals surface area (Å²) >= 11 is 0. The first-order valence-corrected chi connectivity index (χ1v) is 8.08. The van der Waals surface area contributed by atoms with Gasteiger partial charge in [-0.05, 0) is 55.9 Å². The Balaban J connectivity index is 2.41. The lowest BCUT2D eigenvalue weighted by atomic mass is 9.81. The van der Waals surface area contributed by atoms with Gasteiger partial charge in [-0.25, -0.2) is 4.99 Å². The molecule has 1 aromatic carbocycles. The number of benzene rings is 1. The normalized spacial score (nSPS) is 17.0. The van der Waals surface area contributed by atoms with E-state index < -0.39 is 0 Å². The number of hydrogen-bond donors (Lipinski definition) is 0. The highest BCUT2D eigenvalue weighted by molar-refractivity contribution is 5.64. The topological polar surface area (TPSA) is 24.8 Å². The molecule has 0 saturated heterocycles. The SMILES string of the molecule is CCN(C)/C=N/c1cc2c(cc1C)C(CC)(CC)OCC2. The van der Waals surface area contributed by atoms with Crippen molar-refractivity contribution >= 4 is 12.0 Å². The minimum absolute atomic E-state index is 0.0964. The second kappa shape index (κ2) is 6.61. The van der Waals surface area contributed by atoms with Gasteiger partial charge in [0.2, 0.25) is 0 Å². The van der Waals surface area contributed by atoms with Gasteiger partial charge in [0.25, 0.3) is 0 Å². The first kappa shape index (κ1) is 16.0. The second-order valence-corrected chi connectivity index (χ2v) is 5.91. The summed E-state index contributed by atoms with van der Waals surface area (Å²) in [6.07, 6.45) is 4.96. The molecular weight excluding hydrogens is 260 g/mol. The van der Waals surface area contributed by atoms with E-state index in [1.165, 1.54) is 16.7 Å². The van der Waals surface area contributed by atoms with Crippen LogP contribution in [0.5, 0.6) is 0 Å². The highest BCUT2D eigenvalue weighted by Crippen LogP contribution is 2.41. The van der Waals surface area contributed by atoms with E-state index in [-0.39, 0.29) is 5.60 Å². The van der Waals surface area contributed by atoms with Crippen LogP contribution in [0.3, 0.4) is 0 Å². The standard InChI is InChI=1S/C18H28N2O/c1-6-18(7-2)16-11-14(4)17(19-13-20(5)8-3)12-15(16)9-10-21-18/h11-13H,6-10H2,1-5H3/b19-13+. The van der Waals surface area contributed by atoms with Crippen LogP contribution in [0.2, 0.25) is 0 Å². The predicted octanol–water partition coefficient (Wildman–Crippen LogP) is 4.19. The second-order valence-electron chi connectivity index (χ2n) is 5.91. The van der Waals surface area contributed by atoms with Crippen LogP contribution in [-0.4, -0.2) is 31.4 Å². The van der Waals surface area contributed by atoms with Crippen LogP contribution < -0.4 is 0 Å². The summed E-state index contributed by atoms with van der Waals surface area (Å²) in [4.78, 5) is 6.73. The molecular formula is C18H28N2O. The van der Waals surface area contributed by atoms with Gasteiger partial charge in [-0.3, -0.25) is 0 Å². The van der Waals surface area contributed by atoms with Gasteiger partial charge in [0, 0.05) is 13.6 Å². The molecule has 1 aliphatic heterocycles. The largest absolute Gasteiger partial charge is 0.370 e. The molecule has 0 atom stereocenters. The summed E-state index contributed by atoms with van der Waals surface area (Å²) in [5, 5.41) is 0. The fraction of sp³-hybridized carbons (Fsp3) is 0.611. The molecule has 21 heavy (non-hydrogen) atoms. The van der Waals surface area contributed by atoms with Crippen LogP contribution in [0.1, 0.15) is 50.3 Å². The lowest BCUT2D eigenvalue weighted by Crippen LogP contribution is -2.34. The van der Waals surface area contributed by atoms with Crippen molar-refractivity contribution in [3.8, 4) is 0 Å². The monoisotopic (exact) mass is 288 g/mol. The Kier molecular flexibility index (Phi) is 5.04. The first-order valence-electron chi connectivity index (χ1n) is 8.08. The molecule has 1 aromatic rings. The number of hydrogen-bond acceptors (Lipinski definition) is 2. The van der Waals surface area contributed by atoms with Crippen LogP contribution in [-0.2, 0) is 16.8 Å². The Hall–Kier alpha value is -1.35. The molecule has 0 unspecified atom stereocenters. The highest BCUT2D eigenvalue weighted by atomic mass is 16.5. The highest BCUT2D eigenvalue weighted by Gasteiger charge is 2.34. The van der Waals surface area contributed by atoms with Gasteiger partial charge in [0.05, 0.1) is 24.2 Å². The van der Waals surface area contributed by atoms with E-state index in [2.05, 4.69) is 49.7 Å². The maximum Gasteiger partial charge on any atom is 0.0929 e. The zero-order valence-corrected chi connectivity index (χ0v) is 14.1. The zero-order valence-electron chi connectivity index (χ0n) is 14.1. The average molecular weight is 288 g/mol. The number of rotatable bonds is 5. The van der Waals surface area contributed by atoms with Crippen molar-refractivity contribution in [2.45, 2.75) is 52.6 Å². The van der Waals surface area contributed by atoms with Gasteiger partial charge in [0.15, 0.2) is 0 Å². The summed E-state index contributed by atoms with van der Waals surface area (Å²) in [7, 11) is 2.05. The lowest BCUT2D eigenvalue weighted by Gasteiger charge is -2.38. The summed E-state index contributed by atoms with van der Waals surface area (Å²) in [5.41, 5.74) is 4.99. The third kappa shape index (κ3) is 3.13. The number of nitrogens with zero attached hydrogens (tertiary/aromatic N) is 2. The van der Waals surface area contributed by atoms with Crippen molar-refractivity contribution in [1.29, 1.82) is 0 Å². The van der Waals surface area contributed by atoms with Crippen molar-refractivity contribution in [3.05, 3.63) is 28.8 Å². The van der Waals surface area contributed by atoms with Gasteiger partial charge < -0.3 is 9.64 Å². The molecule has 0 bridgehead atoms. The van der Waals surface area contributed by atoms with Crippen LogP contribution in [0.4, 0.5) is 5.69 Å². The molecule has 0 saturated carbocycles. The van der Waals surface area contributed by atoms with Gasteiger partial charge in [-0.15, -0.1) is 0 Å². The molecule has 116 valence electrons. The summed E-state index contributed by atoms with van der Waals surface area (Å²) in [6, 6.07) is 4.55. The number of aryl methyl sites for hydroxylation is 1. The van der Waals surface area contributed by atoms with Gasteiger partial charge in [-0.2, -0.15) is 0 Å². The van der Waals surface area contributed by atoms with Crippen LogP contribution in [0, 0.1) is 6.92 Å². The molecule has 0 fully saturated rings. The maximum absolute atomic E-state index is 6.15. The lowest BCUT2D eigenvalue weighted by molar-refractivity contribution is -0.0662. The van der Waals surface area contributed by atoms with Crippen molar-refractivity contribution in [1.82, 2.24) is 4.90 Å². The Labute approximate surface area is 129 Å². The smallest absolute Gasteiger partial charge is 0.0929 e. The van der Waals surface area contributed by atoms with Gasteiger partial charge in [0.1, 0.15) is 0 Å². The van der Waals surface area contributed by atoms with Crippen molar-refractivity contribution < 1.29 is 4.74 Å². The molecule has 0 spiro atoms. The molecule has 0 N–H and O–H groups in total. The van der Waals surface area contributed by atoms with E-state index in [4.69, 9.17) is 4.74 Å². The van der Waals surface area contributed by atoms with Crippen LogP contribution in [0.25, 0.3) is 0 Å².